The Morgan fingerprint density at radius 2 is 1.76 bits per heavy atom. The SMILES string of the molecule is CCc1ccc(CC(=O)N2CCCc3ccccc32)cc1. The van der Waals surface area contributed by atoms with E-state index in [1.165, 1.54) is 11.1 Å². The molecule has 0 fully saturated rings. The van der Waals surface area contributed by atoms with Crippen LogP contribution in [0.25, 0.3) is 0 Å². The van der Waals surface area contributed by atoms with Crippen LogP contribution in [0.1, 0.15) is 30.0 Å². The highest BCUT2D eigenvalue weighted by Crippen LogP contribution is 2.27. The summed E-state index contributed by atoms with van der Waals surface area (Å²) in [5, 5.41) is 0. The third-order valence-electron chi connectivity index (χ3n) is 4.20. The maximum Gasteiger partial charge on any atom is 0.231 e. The van der Waals surface area contributed by atoms with Gasteiger partial charge >= 0.3 is 0 Å². The van der Waals surface area contributed by atoms with E-state index in [2.05, 4.69) is 49.4 Å². The first-order valence-corrected chi connectivity index (χ1v) is 7.74. The first kappa shape index (κ1) is 13.9. The number of nitrogens with zero attached hydrogens (tertiary/aromatic N) is 1. The molecular formula is C19H21NO. The summed E-state index contributed by atoms with van der Waals surface area (Å²) in [6, 6.07) is 16.6. The zero-order valence-electron chi connectivity index (χ0n) is 12.5. The molecule has 2 aromatic carbocycles. The van der Waals surface area contributed by atoms with Gasteiger partial charge in [-0.3, -0.25) is 4.79 Å². The van der Waals surface area contributed by atoms with Gasteiger partial charge in [-0.05, 0) is 42.0 Å². The van der Waals surface area contributed by atoms with Crippen molar-refractivity contribution in [2.45, 2.75) is 32.6 Å². The smallest absolute Gasteiger partial charge is 0.231 e. The van der Waals surface area contributed by atoms with E-state index in [9.17, 15) is 4.79 Å². The number of carbonyl (C=O) groups is 1. The molecule has 3 rings (SSSR count). The van der Waals surface area contributed by atoms with Crippen molar-refractivity contribution in [2.24, 2.45) is 0 Å². The molecule has 0 bridgehead atoms. The standard InChI is InChI=1S/C19H21NO/c1-2-15-9-11-16(12-10-15)14-19(21)20-13-5-7-17-6-3-4-8-18(17)20/h3-4,6,8-12H,2,5,7,13-14H2,1H3. The van der Waals surface area contributed by atoms with Gasteiger partial charge in [-0.15, -0.1) is 0 Å². The Morgan fingerprint density at radius 3 is 2.52 bits per heavy atom. The molecular weight excluding hydrogens is 258 g/mol. The highest BCUT2D eigenvalue weighted by atomic mass is 16.2. The molecule has 108 valence electrons. The molecule has 2 nitrogen and oxygen atoms in total. The molecule has 0 saturated heterocycles. The maximum atomic E-state index is 12.6. The fraction of sp³-hybridized carbons (Fsp3) is 0.316. The van der Waals surface area contributed by atoms with Gasteiger partial charge in [-0.1, -0.05) is 49.4 Å². The summed E-state index contributed by atoms with van der Waals surface area (Å²) in [6.07, 6.45) is 3.65. The summed E-state index contributed by atoms with van der Waals surface area (Å²) in [4.78, 5) is 14.6. The zero-order valence-corrected chi connectivity index (χ0v) is 12.5. The minimum atomic E-state index is 0.200. The predicted molar refractivity (Wildman–Crippen MR) is 86.6 cm³/mol. The predicted octanol–water partition coefficient (Wildman–Crippen LogP) is 3.77. The molecule has 1 aliphatic rings. The van der Waals surface area contributed by atoms with Gasteiger partial charge in [0.25, 0.3) is 0 Å². The summed E-state index contributed by atoms with van der Waals surface area (Å²) < 4.78 is 0. The summed E-state index contributed by atoms with van der Waals surface area (Å²) in [6.45, 7) is 2.98. The van der Waals surface area contributed by atoms with Crippen LogP contribution in [0.2, 0.25) is 0 Å². The first-order chi connectivity index (χ1) is 10.3. The van der Waals surface area contributed by atoms with Crippen LogP contribution in [0.4, 0.5) is 5.69 Å². The Labute approximate surface area is 126 Å². The third kappa shape index (κ3) is 2.99. The normalized spacial score (nSPS) is 13.9. The highest BCUT2D eigenvalue weighted by molar-refractivity contribution is 5.95. The number of carbonyl (C=O) groups excluding carboxylic acids is 1. The van der Waals surface area contributed by atoms with E-state index < -0.39 is 0 Å². The third-order valence-corrected chi connectivity index (χ3v) is 4.20. The summed E-state index contributed by atoms with van der Waals surface area (Å²) in [5.41, 5.74) is 4.80. The average molecular weight is 279 g/mol. The van der Waals surface area contributed by atoms with E-state index in [0.29, 0.717) is 6.42 Å². The Bertz CT molecular complexity index is 630. The number of amides is 1. The number of aryl methyl sites for hydroxylation is 2. The summed E-state index contributed by atoms with van der Waals surface area (Å²) in [7, 11) is 0. The highest BCUT2D eigenvalue weighted by Gasteiger charge is 2.21. The lowest BCUT2D eigenvalue weighted by Gasteiger charge is -2.29. The second-order valence-electron chi connectivity index (χ2n) is 5.62. The number of hydrogen-bond donors (Lipinski definition) is 0. The first-order valence-electron chi connectivity index (χ1n) is 7.74. The van der Waals surface area contributed by atoms with E-state index >= 15 is 0 Å². The van der Waals surface area contributed by atoms with Gasteiger partial charge in [-0.2, -0.15) is 0 Å². The molecule has 0 aliphatic carbocycles. The van der Waals surface area contributed by atoms with Crippen LogP contribution in [0.5, 0.6) is 0 Å². The molecule has 0 N–H and O–H groups in total. The van der Waals surface area contributed by atoms with Crippen molar-refractivity contribution in [3.05, 3.63) is 65.2 Å². The Balaban J connectivity index is 1.76. The summed E-state index contributed by atoms with van der Waals surface area (Å²) >= 11 is 0. The second-order valence-corrected chi connectivity index (χ2v) is 5.62. The minimum absolute atomic E-state index is 0.200. The van der Waals surface area contributed by atoms with Crippen molar-refractivity contribution >= 4 is 11.6 Å². The summed E-state index contributed by atoms with van der Waals surface area (Å²) in [5.74, 6) is 0.200. The van der Waals surface area contributed by atoms with E-state index in [0.717, 1.165) is 37.1 Å². The lowest BCUT2D eigenvalue weighted by atomic mass is 10.0. The van der Waals surface area contributed by atoms with Gasteiger partial charge in [0.1, 0.15) is 0 Å². The molecule has 0 unspecified atom stereocenters. The Kier molecular flexibility index (Phi) is 4.05. The molecule has 1 heterocycles. The van der Waals surface area contributed by atoms with Gasteiger partial charge in [0, 0.05) is 12.2 Å². The topological polar surface area (TPSA) is 20.3 Å². The fourth-order valence-corrected chi connectivity index (χ4v) is 2.96. The number of benzene rings is 2. The largest absolute Gasteiger partial charge is 0.312 e. The van der Waals surface area contributed by atoms with Crippen molar-refractivity contribution in [3.8, 4) is 0 Å². The minimum Gasteiger partial charge on any atom is -0.312 e. The lowest BCUT2D eigenvalue weighted by molar-refractivity contribution is -0.118. The zero-order chi connectivity index (χ0) is 14.7. The van der Waals surface area contributed by atoms with Gasteiger partial charge in [-0.25, -0.2) is 0 Å². The molecule has 0 radical (unpaired) electrons. The van der Waals surface area contributed by atoms with E-state index in [-0.39, 0.29) is 5.91 Å². The van der Waals surface area contributed by atoms with E-state index in [1.807, 2.05) is 11.0 Å². The second kappa shape index (κ2) is 6.13. The van der Waals surface area contributed by atoms with Gasteiger partial charge < -0.3 is 4.90 Å². The molecule has 1 aliphatic heterocycles. The van der Waals surface area contributed by atoms with Crippen LogP contribution in [-0.2, 0) is 24.1 Å². The molecule has 0 saturated carbocycles. The van der Waals surface area contributed by atoms with Crippen molar-refractivity contribution in [2.75, 3.05) is 11.4 Å². The van der Waals surface area contributed by atoms with E-state index in [4.69, 9.17) is 0 Å². The quantitative estimate of drug-likeness (QED) is 0.837. The van der Waals surface area contributed by atoms with Crippen LogP contribution in [0.15, 0.2) is 48.5 Å². The number of anilines is 1. The van der Waals surface area contributed by atoms with Crippen LogP contribution in [0.3, 0.4) is 0 Å². The lowest BCUT2D eigenvalue weighted by Crippen LogP contribution is -2.36. The van der Waals surface area contributed by atoms with Crippen LogP contribution in [0, 0.1) is 0 Å². The number of hydrogen-bond acceptors (Lipinski definition) is 1. The van der Waals surface area contributed by atoms with Crippen molar-refractivity contribution < 1.29 is 4.79 Å². The van der Waals surface area contributed by atoms with Crippen molar-refractivity contribution in [1.82, 2.24) is 0 Å². The molecule has 2 aromatic rings. The number of fused-ring (bicyclic) bond motifs is 1. The average Bonchev–Trinajstić information content (AvgIpc) is 2.55. The van der Waals surface area contributed by atoms with Crippen LogP contribution in [-0.4, -0.2) is 12.5 Å². The molecule has 0 atom stereocenters. The fourth-order valence-electron chi connectivity index (χ4n) is 2.96. The molecule has 0 aromatic heterocycles. The van der Waals surface area contributed by atoms with Gasteiger partial charge in [0.2, 0.25) is 5.91 Å². The van der Waals surface area contributed by atoms with Gasteiger partial charge in [0.05, 0.1) is 6.42 Å². The molecule has 21 heavy (non-hydrogen) atoms. The van der Waals surface area contributed by atoms with Crippen LogP contribution < -0.4 is 4.90 Å². The molecule has 1 amide bonds. The Hall–Kier alpha value is -2.09. The maximum absolute atomic E-state index is 12.6. The molecule has 0 spiro atoms. The Morgan fingerprint density at radius 1 is 1.05 bits per heavy atom. The van der Waals surface area contributed by atoms with E-state index in [1.54, 1.807) is 0 Å². The van der Waals surface area contributed by atoms with Crippen molar-refractivity contribution in [1.29, 1.82) is 0 Å². The monoisotopic (exact) mass is 279 g/mol. The molecule has 2 heteroatoms. The van der Waals surface area contributed by atoms with Crippen LogP contribution >= 0.6 is 0 Å². The number of rotatable bonds is 3. The van der Waals surface area contributed by atoms with Crippen molar-refractivity contribution in [3.63, 3.8) is 0 Å². The number of para-hydroxylation sites is 1. The van der Waals surface area contributed by atoms with Gasteiger partial charge in [0.15, 0.2) is 0 Å².